The minimum Gasteiger partial charge on any atom is -0.315 e. The number of carbonyl (C=O) groups is 1. The van der Waals surface area contributed by atoms with Gasteiger partial charge in [0.2, 0.25) is 0 Å². The third-order valence-corrected chi connectivity index (χ3v) is 8.65. The van der Waals surface area contributed by atoms with Gasteiger partial charge >= 0.3 is 0 Å². The number of carbonyl (C=O) groups excluding carboxylic acids is 1. The summed E-state index contributed by atoms with van der Waals surface area (Å²) in [6.45, 7) is 8.07. The summed E-state index contributed by atoms with van der Waals surface area (Å²) in [6, 6.07) is 5.85. The van der Waals surface area contributed by atoms with Gasteiger partial charge in [0.05, 0.1) is 17.5 Å². The van der Waals surface area contributed by atoms with Crippen LogP contribution in [0.1, 0.15) is 37.8 Å². The molecule has 0 radical (unpaired) electrons. The van der Waals surface area contributed by atoms with E-state index in [0.29, 0.717) is 5.17 Å². The number of rotatable bonds is 4. The van der Waals surface area contributed by atoms with Crippen molar-refractivity contribution < 1.29 is 13.2 Å². The molecule has 0 bridgehead atoms. The highest BCUT2D eigenvalue weighted by Crippen LogP contribution is 2.42. The quantitative estimate of drug-likeness (QED) is 0.783. The number of hydrogen-bond donors (Lipinski definition) is 0. The summed E-state index contributed by atoms with van der Waals surface area (Å²) in [5.41, 5.74) is 3.20. The van der Waals surface area contributed by atoms with E-state index in [4.69, 9.17) is 0 Å². The van der Waals surface area contributed by atoms with E-state index in [1.165, 1.54) is 11.8 Å². The van der Waals surface area contributed by atoms with Crippen LogP contribution in [0.2, 0.25) is 0 Å². The lowest BCUT2D eigenvalue weighted by Crippen LogP contribution is -2.38. The van der Waals surface area contributed by atoms with Crippen LogP contribution < -0.4 is 4.90 Å². The van der Waals surface area contributed by atoms with E-state index in [1.807, 2.05) is 50.8 Å². The molecule has 0 aliphatic carbocycles. The van der Waals surface area contributed by atoms with Gasteiger partial charge in [-0.2, -0.15) is 4.99 Å². The van der Waals surface area contributed by atoms with E-state index in [9.17, 15) is 13.2 Å². The first-order valence-corrected chi connectivity index (χ1v) is 11.8. The smallest absolute Gasteiger partial charge is 0.251 e. The van der Waals surface area contributed by atoms with Crippen molar-refractivity contribution in [3.63, 3.8) is 0 Å². The molecule has 0 spiro atoms. The van der Waals surface area contributed by atoms with Gasteiger partial charge in [0.1, 0.15) is 0 Å². The average molecular weight is 395 g/mol. The SMILES string of the molecule is CCC(CC)C(=O)N=C1SC2CS(=O)(=O)CC2N1c1cccc(C)c1C. The van der Waals surface area contributed by atoms with Crippen LogP contribution in [-0.4, -0.2) is 42.3 Å². The van der Waals surface area contributed by atoms with Crippen LogP contribution in [0.4, 0.5) is 5.69 Å². The number of anilines is 1. The van der Waals surface area contributed by atoms with Gasteiger partial charge in [-0.25, -0.2) is 8.42 Å². The van der Waals surface area contributed by atoms with Gasteiger partial charge in [-0.15, -0.1) is 0 Å². The normalized spacial score (nSPS) is 25.9. The van der Waals surface area contributed by atoms with Crippen LogP contribution in [-0.2, 0) is 14.6 Å². The van der Waals surface area contributed by atoms with Gasteiger partial charge in [0.15, 0.2) is 15.0 Å². The maximum atomic E-state index is 12.6. The molecule has 5 nitrogen and oxygen atoms in total. The number of aryl methyl sites for hydroxylation is 1. The number of benzene rings is 1. The molecule has 2 atom stereocenters. The minimum absolute atomic E-state index is 0.0619. The molecule has 2 heterocycles. The van der Waals surface area contributed by atoms with Crippen molar-refractivity contribution in [2.24, 2.45) is 10.9 Å². The molecule has 2 fully saturated rings. The molecule has 142 valence electrons. The largest absolute Gasteiger partial charge is 0.315 e. The number of aliphatic imine (C=N–C) groups is 1. The van der Waals surface area contributed by atoms with E-state index < -0.39 is 9.84 Å². The molecule has 2 aliphatic rings. The Morgan fingerprint density at radius 3 is 2.62 bits per heavy atom. The summed E-state index contributed by atoms with van der Waals surface area (Å²) in [7, 11) is -3.05. The number of thioether (sulfide) groups is 1. The number of amides is 1. The van der Waals surface area contributed by atoms with Crippen LogP contribution in [0, 0.1) is 19.8 Å². The van der Waals surface area contributed by atoms with Crippen molar-refractivity contribution in [1.29, 1.82) is 0 Å². The number of amidine groups is 1. The maximum absolute atomic E-state index is 12.6. The van der Waals surface area contributed by atoms with Crippen molar-refractivity contribution >= 4 is 38.4 Å². The Morgan fingerprint density at radius 1 is 1.27 bits per heavy atom. The molecule has 2 unspecified atom stereocenters. The van der Waals surface area contributed by atoms with Gasteiger partial charge in [-0.3, -0.25) is 4.79 Å². The lowest BCUT2D eigenvalue weighted by atomic mass is 10.0. The van der Waals surface area contributed by atoms with Crippen LogP contribution in [0.25, 0.3) is 0 Å². The first-order valence-electron chi connectivity index (χ1n) is 9.12. The molecule has 7 heteroatoms. The summed E-state index contributed by atoms with van der Waals surface area (Å²) in [5, 5.41) is 0.591. The van der Waals surface area contributed by atoms with Crippen LogP contribution in [0.5, 0.6) is 0 Å². The Hall–Kier alpha value is -1.34. The topological polar surface area (TPSA) is 66.8 Å². The van der Waals surface area contributed by atoms with Crippen molar-refractivity contribution in [2.45, 2.75) is 51.8 Å². The van der Waals surface area contributed by atoms with Gasteiger partial charge in [0, 0.05) is 16.9 Å². The number of nitrogens with zero attached hydrogens (tertiary/aromatic N) is 2. The molecule has 1 aromatic rings. The average Bonchev–Trinajstić information content (AvgIpc) is 3.02. The first kappa shape index (κ1) is 19.4. The van der Waals surface area contributed by atoms with E-state index in [1.54, 1.807) is 0 Å². The molecule has 0 aromatic heterocycles. The Morgan fingerprint density at radius 2 is 1.96 bits per heavy atom. The summed E-state index contributed by atoms with van der Waals surface area (Å²) < 4.78 is 24.3. The predicted octanol–water partition coefficient (Wildman–Crippen LogP) is 3.34. The Kier molecular flexibility index (Phi) is 5.49. The Balaban J connectivity index is 2.04. The first-order chi connectivity index (χ1) is 12.3. The molecule has 26 heavy (non-hydrogen) atoms. The van der Waals surface area contributed by atoms with E-state index in [2.05, 4.69) is 4.99 Å². The number of fused-ring (bicyclic) bond motifs is 1. The van der Waals surface area contributed by atoms with Crippen molar-refractivity contribution in [3.05, 3.63) is 29.3 Å². The van der Waals surface area contributed by atoms with Crippen LogP contribution >= 0.6 is 11.8 Å². The zero-order valence-electron chi connectivity index (χ0n) is 15.7. The van der Waals surface area contributed by atoms with E-state index in [-0.39, 0.29) is 34.6 Å². The second kappa shape index (κ2) is 7.35. The maximum Gasteiger partial charge on any atom is 0.251 e. The lowest BCUT2D eigenvalue weighted by molar-refractivity contribution is -0.121. The zero-order valence-corrected chi connectivity index (χ0v) is 17.4. The molecule has 1 aromatic carbocycles. The van der Waals surface area contributed by atoms with Crippen molar-refractivity contribution in [3.8, 4) is 0 Å². The second-order valence-corrected chi connectivity index (χ2v) is 10.5. The lowest BCUT2D eigenvalue weighted by Gasteiger charge is -2.27. The molecule has 2 aliphatic heterocycles. The fraction of sp³-hybridized carbons (Fsp3) is 0.579. The number of hydrogen-bond acceptors (Lipinski definition) is 4. The van der Waals surface area contributed by atoms with Crippen molar-refractivity contribution in [1.82, 2.24) is 0 Å². The molecular formula is C19H26N2O3S2. The van der Waals surface area contributed by atoms with Gasteiger partial charge < -0.3 is 4.90 Å². The Labute approximate surface area is 160 Å². The molecule has 0 N–H and O–H groups in total. The minimum atomic E-state index is -3.05. The molecule has 3 rings (SSSR count). The van der Waals surface area contributed by atoms with Gasteiger partial charge in [-0.1, -0.05) is 37.7 Å². The zero-order chi connectivity index (χ0) is 19.1. The highest BCUT2D eigenvalue weighted by molar-refractivity contribution is 8.16. The third kappa shape index (κ3) is 3.56. The molecule has 0 saturated carbocycles. The summed E-state index contributed by atoms with van der Waals surface area (Å²) >= 11 is 1.44. The van der Waals surface area contributed by atoms with Gasteiger partial charge in [-0.05, 0) is 43.9 Å². The second-order valence-electron chi connectivity index (χ2n) is 7.14. The standard InChI is InChI=1S/C19H26N2O3S2/c1-5-14(6-2)18(22)20-19-21(15-9-7-8-12(3)13(15)4)16-10-26(23,24)11-17(16)25-19/h7-9,14,16-17H,5-6,10-11H2,1-4H3. The fourth-order valence-corrected chi connectivity index (χ4v) is 7.58. The molecule has 2 saturated heterocycles. The van der Waals surface area contributed by atoms with E-state index >= 15 is 0 Å². The number of sulfone groups is 1. The highest BCUT2D eigenvalue weighted by Gasteiger charge is 2.49. The summed E-state index contributed by atoms with van der Waals surface area (Å²) in [4.78, 5) is 19.0. The summed E-state index contributed by atoms with van der Waals surface area (Å²) in [6.07, 6.45) is 1.53. The Bertz CT molecular complexity index is 844. The van der Waals surface area contributed by atoms with Gasteiger partial charge in [0.25, 0.3) is 5.91 Å². The predicted molar refractivity (Wildman–Crippen MR) is 109 cm³/mol. The monoisotopic (exact) mass is 394 g/mol. The molecular weight excluding hydrogens is 368 g/mol. The van der Waals surface area contributed by atoms with Crippen LogP contribution in [0.3, 0.4) is 0 Å². The highest BCUT2D eigenvalue weighted by atomic mass is 32.2. The fourth-order valence-electron chi connectivity index (χ4n) is 3.67. The summed E-state index contributed by atoms with van der Waals surface area (Å²) in [5.74, 6) is 0.0985. The van der Waals surface area contributed by atoms with Crippen molar-refractivity contribution in [2.75, 3.05) is 16.4 Å². The molecule has 1 amide bonds. The van der Waals surface area contributed by atoms with Crippen LogP contribution in [0.15, 0.2) is 23.2 Å². The van der Waals surface area contributed by atoms with E-state index in [0.717, 1.165) is 29.7 Å². The third-order valence-electron chi connectivity index (χ3n) is 5.44.